The van der Waals surface area contributed by atoms with E-state index < -0.39 is 46.5 Å². The highest BCUT2D eigenvalue weighted by atomic mass is 28.2. The van der Waals surface area contributed by atoms with Gasteiger partial charge in [0.1, 0.15) is 0 Å². The van der Waals surface area contributed by atoms with E-state index in [1.54, 1.807) is 34.6 Å². The van der Waals surface area contributed by atoms with Crippen molar-refractivity contribution in [1.29, 1.82) is 0 Å². The first-order chi connectivity index (χ1) is 11.9. The van der Waals surface area contributed by atoms with Gasteiger partial charge in [-0.05, 0) is 40.0 Å². The Labute approximate surface area is 153 Å². The summed E-state index contributed by atoms with van der Waals surface area (Å²) in [5.74, 6) is -11.7. The number of ether oxygens (including phenoxy) is 2. The Morgan fingerprint density at radius 3 is 1.50 bits per heavy atom. The SMILES string of the molecule is CC(Cc1c(F)c(F)c(F)c(F)c1F)CC(O[SiH3])(OC(C)C)OC(C)C. The molecule has 1 aromatic rings. The molecule has 0 amide bonds. The van der Waals surface area contributed by atoms with E-state index in [1.807, 2.05) is 0 Å². The zero-order valence-electron chi connectivity index (χ0n) is 15.8. The third-order valence-corrected chi connectivity index (χ3v) is 4.22. The lowest BCUT2D eigenvalue weighted by molar-refractivity contribution is -0.372. The summed E-state index contributed by atoms with van der Waals surface area (Å²) in [6, 6.07) is 0. The molecule has 0 aliphatic rings. The molecular formula is C17H25F5O3Si. The van der Waals surface area contributed by atoms with E-state index in [0.717, 1.165) is 0 Å². The van der Waals surface area contributed by atoms with Crippen molar-refractivity contribution in [3.63, 3.8) is 0 Å². The maximum absolute atomic E-state index is 13.9. The molecule has 0 spiro atoms. The summed E-state index contributed by atoms with van der Waals surface area (Å²) in [6.07, 6.45) is -0.846. The molecule has 0 heterocycles. The van der Waals surface area contributed by atoms with Gasteiger partial charge >= 0.3 is 0 Å². The summed E-state index contributed by atoms with van der Waals surface area (Å²) in [4.78, 5) is 0. The average Bonchev–Trinajstić information content (AvgIpc) is 2.53. The Morgan fingerprint density at radius 1 is 0.769 bits per heavy atom. The van der Waals surface area contributed by atoms with Gasteiger partial charge in [-0.2, -0.15) is 0 Å². The molecule has 1 atom stereocenters. The molecule has 0 aromatic heterocycles. The molecule has 3 nitrogen and oxygen atoms in total. The molecule has 0 fully saturated rings. The molecule has 26 heavy (non-hydrogen) atoms. The summed E-state index contributed by atoms with van der Waals surface area (Å²) in [6.45, 7) is 8.68. The number of halogens is 5. The summed E-state index contributed by atoms with van der Waals surface area (Å²) in [5, 5.41) is 0. The highest BCUT2D eigenvalue weighted by Gasteiger charge is 2.37. The van der Waals surface area contributed by atoms with E-state index in [1.165, 1.54) is 0 Å². The van der Waals surface area contributed by atoms with Crippen LogP contribution in [-0.4, -0.2) is 28.7 Å². The minimum atomic E-state index is -2.17. The van der Waals surface area contributed by atoms with Crippen LogP contribution in [0.4, 0.5) is 22.0 Å². The fourth-order valence-electron chi connectivity index (χ4n) is 2.70. The van der Waals surface area contributed by atoms with Crippen LogP contribution in [-0.2, 0) is 20.3 Å². The number of benzene rings is 1. The predicted octanol–water partition coefficient (Wildman–Crippen LogP) is 3.75. The zero-order valence-corrected chi connectivity index (χ0v) is 17.8. The van der Waals surface area contributed by atoms with Gasteiger partial charge in [0.15, 0.2) is 33.8 Å². The second kappa shape index (κ2) is 9.25. The topological polar surface area (TPSA) is 27.7 Å². The van der Waals surface area contributed by atoms with Crippen LogP contribution < -0.4 is 0 Å². The van der Waals surface area contributed by atoms with Crippen molar-refractivity contribution in [2.24, 2.45) is 5.92 Å². The summed E-state index contributed by atoms with van der Waals surface area (Å²) in [5.41, 5.74) is -0.856. The van der Waals surface area contributed by atoms with Crippen molar-refractivity contribution in [3.05, 3.63) is 34.6 Å². The van der Waals surface area contributed by atoms with Crippen molar-refractivity contribution < 1.29 is 35.9 Å². The lowest BCUT2D eigenvalue weighted by Crippen LogP contribution is -2.44. The van der Waals surface area contributed by atoms with E-state index >= 15 is 0 Å². The normalized spacial score (nSPS) is 13.8. The van der Waals surface area contributed by atoms with Gasteiger partial charge in [0, 0.05) is 12.0 Å². The minimum Gasteiger partial charge on any atom is -0.380 e. The van der Waals surface area contributed by atoms with Gasteiger partial charge in [0.2, 0.25) is 5.82 Å². The third-order valence-electron chi connectivity index (χ3n) is 3.59. The average molecular weight is 400 g/mol. The van der Waals surface area contributed by atoms with Crippen LogP contribution in [0.5, 0.6) is 0 Å². The van der Waals surface area contributed by atoms with Crippen molar-refractivity contribution in [3.8, 4) is 0 Å². The van der Waals surface area contributed by atoms with Crippen LogP contribution in [0.15, 0.2) is 0 Å². The quantitative estimate of drug-likeness (QED) is 0.208. The molecule has 0 aliphatic carbocycles. The molecule has 9 heteroatoms. The minimum absolute atomic E-state index is 0.0619. The summed E-state index contributed by atoms with van der Waals surface area (Å²) < 4.78 is 84.6. The van der Waals surface area contributed by atoms with Gasteiger partial charge in [-0.25, -0.2) is 22.0 Å². The first-order valence-electron chi connectivity index (χ1n) is 8.35. The van der Waals surface area contributed by atoms with Crippen LogP contribution in [0, 0.1) is 35.0 Å². The Hall–Kier alpha value is -1.03. The van der Waals surface area contributed by atoms with Crippen LogP contribution in [0.3, 0.4) is 0 Å². The van der Waals surface area contributed by atoms with E-state index in [9.17, 15) is 22.0 Å². The highest BCUT2D eigenvalue weighted by Crippen LogP contribution is 2.31. The molecule has 0 bridgehead atoms. The van der Waals surface area contributed by atoms with Gasteiger partial charge < -0.3 is 13.9 Å². The molecule has 1 unspecified atom stereocenters. The van der Waals surface area contributed by atoms with Gasteiger partial charge in [0.25, 0.3) is 5.97 Å². The van der Waals surface area contributed by atoms with Crippen LogP contribution in [0.2, 0.25) is 0 Å². The number of hydrogen-bond donors (Lipinski definition) is 0. The smallest absolute Gasteiger partial charge is 0.273 e. The lowest BCUT2D eigenvalue weighted by atomic mass is 9.95. The van der Waals surface area contributed by atoms with Gasteiger partial charge in [0.05, 0.1) is 12.2 Å². The van der Waals surface area contributed by atoms with Gasteiger partial charge in [-0.1, -0.05) is 6.92 Å². The van der Waals surface area contributed by atoms with Crippen molar-refractivity contribution in [2.45, 2.75) is 65.6 Å². The molecule has 0 N–H and O–H groups in total. The van der Waals surface area contributed by atoms with E-state index in [4.69, 9.17) is 13.9 Å². The first-order valence-corrected chi connectivity index (χ1v) is 9.16. The lowest BCUT2D eigenvalue weighted by Gasteiger charge is -2.37. The Kier molecular flexibility index (Phi) is 8.19. The fourth-order valence-corrected chi connectivity index (χ4v) is 3.06. The van der Waals surface area contributed by atoms with Crippen molar-refractivity contribution in [1.82, 2.24) is 0 Å². The van der Waals surface area contributed by atoms with Crippen molar-refractivity contribution in [2.75, 3.05) is 0 Å². The second-order valence-electron chi connectivity index (χ2n) is 6.78. The molecule has 0 radical (unpaired) electrons. The van der Waals surface area contributed by atoms with E-state index in [-0.39, 0.29) is 35.5 Å². The molecule has 0 saturated heterocycles. The number of rotatable bonds is 9. The van der Waals surface area contributed by atoms with E-state index in [2.05, 4.69) is 0 Å². The van der Waals surface area contributed by atoms with Crippen LogP contribution in [0.25, 0.3) is 0 Å². The molecule has 1 aromatic carbocycles. The Morgan fingerprint density at radius 2 is 1.15 bits per heavy atom. The van der Waals surface area contributed by atoms with Crippen LogP contribution in [0.1, 0.15) is 46.6 Å². The Bertz CT molecular complexity index is 586. The largest absolute Gasteiger partial charge is 0.380 e. The number of hydrogen-bond acceptors (Lipinski definition) is 3. The van der Waals surface area contributed by atoms with Crippen molar-refractivity contribution >= 4 is 10.5 Å². The maximum atomic E-state index is 13.9. The highest BCUT2D eigenvalue weighted by molar-refractivity contribution is 5.98. The first kappa shape index (κ1) is 23.0. The molecule has 1 rings (SSSR count). The standard InChI is InChI=1S/C17H25F5O3Si/c1-8(2)23-17(25-26,24-9(3)4)7-10(5)6-11-12(18)14(20)16(22)15(21)13(11)19/h8-10H,6-7H2,1-5,26H3. The monoisotopic (exact) mass is 400 g/mol. The van der Waals surface area contributed by atoms with Gasteiger partial charge in [-0.15, -0.1) is 0 Å². The van der Waals surface area contributed by atoms with E-state index in [0.29, 0.717) is 0 Å². The molecule has 0 saturated carbocycles. The summed E-state index contributed by atoms with van der Waals surface area (Å²) >= 11 is 0. The Balaban J connectivity index is 3.11. The molecule has 150 valence electrons. The third kappa shape index (κ3) is 5.48. The maximum Gasteiger partial charge on any atom is 0.273 e. The molecule has 0 aliphatic heterocycles. The fraction of sp³-hybridized carbons (Fsp3) is 0.647. The summed E-state index contributed by atoms with van der Waals surface area (Å²) in [7, 11) is 0.260. The predicted molar refractivity (Wildman–Crippen MR) is 89.9 cm³/mol. The molecular weight excluding hydrogens is 375 g/mol. The zero-order chi connectivity index (χ0) is 20.2. The second-order valence-corrected chi connectivity index (χ2v) is 7.19. The van der Waals surface area contributed by atoms with Crippen LogP contribution >= 0.6 is 0 Å². The van der Waals surface area contributed by atoms with Gasteiger partial charge in [-0.3, -0.25) is 0 Å².